The molecule has 0 unspecified atom stereocenters. The van der Waals surface area contributed by atoms with Crippen LogP contribution in [0.5, 0.6) is 0 Å². The Kier molecular flexibility index (Phi) is 7.63. The first-order valence-corrected chi connectivity index (χ1v) is 10.6. The number of nitrogens with one attached hydrogen (secondary N) is 1. The zero-order valence-electron chi connectivity index (χ0n) is 18.4. The Bertz CT molecular complexity index is 926. The van der Waals surface area contributed by atoms with E-state index in [0.717, 1.165) is 30.7 Å². The van der Waals surface area contributed by atoms with Gasteiger partial charge in [-0.3, -0.25) is 9.59 Å². The predicted octanol–water partition coefficient (Wildman–Crippen LogP) is 4.06. The number of hydrogen-bond acceptors (Lipinski definition) is 4. The average molecular weight is 428 g/mol. The lowest BCUT2D eigenvalue weighted by molar-refractivity contribution is -0.133. The second kappa shape index (κ2) is 10.4. The highest BCUT2D eigenvalue weighted by molar-refractivity contribution is 6.04. The number of benzene rings is 2. The van der Waals surface area contributed by atoms with Crippen molar-refractivity contribution in [2.75, 3.05) is 37.5 Å². The summed E-state index contributed by atoms with van der Waals surface area (Å²) in [6.45, 7) is 3.57. The van der Waals surface area contributed by atoms with Crippen LogP contribution in [0.4, 0.5) is 15.8 Å². The SMILES string of the molecule is CCC(=O)N(Cc1cc(NC(=O)c2cccc(F)c2)ccc1N(C)C)C[C@H]1CCCO1. The molecule has 1 aliphatic heterocycles. The van der Waals surface area contributed by atoms with Gasteiger partial charge in [-0.05, 0) is 54.8 Å². The summed E-state index contributed by atoms with van der Waals surface area (Å²) in [5.41, 5.74) is 2.72. The molecule has 0 saturated carbocycles. The van der Waals surface area contributed by atoms with E-state index in [1.807, 2.05) is 49.0 Å². The molecular formula is C24H30FN3O3. The van der Waals surface area contributed by atoms with Crippen LogP contribution in [0.3, 0.4) is 0 Å². The normalized spacial score (nSPS) is 15.5. The van der Waals surface area contributed by atoms with E-state index in [4.69, 9.17) is 4.74 Å². The fourth-order valence-corrected chi connectivity index (χ4v) is 3.78. The van der Waals surface area contributed by atoms with E-state index in [1.165, 1.54) is 18.2 Å². The molecule has 2 amide bonds. The van der Waals surface area contributed by atoms with E-state index in [1.54, 1.807) is 6.07 Å². The molecule has 2 aromatic carbocycles. The van der Waals surface area contributed by atoms with Gasteiger partial charge in [0.1, 0.15) is 5.82 Å². The minimum absolute atomic E-state index is 0.0640. The zero-order chi connectivity index (χ0) is 22.4. The Morgan fingerprint density at radius 1 is 1.19 bits per heavy atom. The number of hydrogen-bond donors (Lipinski definition) is 1. The summed E-state index contributed by atoms with van der Waals surface area (Å²) in [5.74, 6) is -0.780. The van der Waals surface area contributed by atoms with Crippen LogP contribution in [0.15, 0.2) is 42.5 Å². The number of anilines is 2. The van der Waals surface area contributed by atoms with Gasteiger partial charge in [-0.1, -0.05) is 13.0 Å². The molecule has 1 fully saturated rings. The van der Waals surface area contributed by atoms with Crippen molar-refractivity contribution >= 4 is 23.2 Å². The Morgan fingerprint density at radius 2 is 2.00 bits per heavy atom. The van der Waals surface area contributed by atoms with Gasteiger partial charge in [0.15, 0.2) is 0 Å². The summed E-state index contributed by atoms with van der Waals surface area (Å²) in [5, 5.41) is 2.83. The van der Waals surface area contributed by atoms with E-state index < -0.39 is 5.82 Å². The van der Waals surface area contributed by atoms with Gasteiger partial charge < -0.3 is 19.9 Å². The molecule has 0 spiro atoms. The molecule has 7 heteroatoms. The van der Waals surface area contributed by atoms with E-state index in [9.17, 15) is 14.0 Å². The van der Waals surface area contributed by atoms with Crippen LogP contribution in [0.25, 0.3) is 0 Å². The fourth-order valence-electron chi connectivity index (χ4n) is 3.78. The van der Waals surface area contributed by atoms with Crippen LogP contribution in [-0.2, 0) is 16.1 Å². The van der Waals surface area contributed by atoms with Crippen LogP contribution in [0.2, 0.25) is 0 Å². The maximum absolute atomic E-state index is 13.5. The molecule has 1 atom stereocenters. The lowest BCUT2D eigenvalue weighted by Gasteiger charge is -2.28. The molecule has 1 N–H and O–H groups in total. The first-order valence-electron chi connectivity index (χ1n) is 10.6. The molecule has 1 saturated heterocycles. The Balaban J connectivity index is 1.82. The monoisotopic (exact) mass is 427 g/mol. The van der Waals surface area contributed by atoms with Crippen LogP contribution in [-0.4, -0.2) is 50.1 Å². The van der Waals surface area contributed by atoms with Crippen LogP contribution in [0, 0.1) is 5.82 Å². The molecule has 3 rings (SSSR count). The maximum Gasteiger partial charge on any atom is 0.255 e. The second-order valence-corrected chi connectivity index (χ2v) is 7.97. The van der Waals surface area contributed by atoms with Gasteiger partial charge in [-0.15, -0.1) is 0 Å². The number of carbonyl (C=O) groups excluding carboxylic acids is 2. The topological polar surface area (TPSA) is 61.9 Å². The zero-order valence-corrected chi connectivity index (χ0v) is 18.4. The van der Waals surface area contributed by atoms with Crippen molar-refractivity contribution < 1.29 is 18.7 Å². The largest absolute Gasteiger partial charge is 0.377 e. The summed E-state index contributed by atoms with van der Waals surface area (Å²) in [7, 11) is 3.88. The minimum atomic E-state index is -0.459. The van der Waals surface area contributed by atoms with Crippen molar-refractivity contribution in [2.24, 2.45) is 0 Å². The Hall–Kier alpha value is -2.93. The van der Waals surface area contributed by atoms with Gasteiger partial charge in [-0.25, -0.2) is 4.39 Å². The highest BCUT2D eigenvalue weighted by atomic mass is 19.1. The molecule has 0 radical (unpaired) electrons. The molecule has 1 aliphatic rings. The summed E-state index contributed by atoms with van der Waals surface area (Å²) >= 11 is 0. The Morgan fingerprint density at radius 3 is 2.65 bits per heavy atom. The van der Waals surface area contributed by atoms with Crippen molar-refractivity contribution in [1.82, 2.24) is 4.90 Å². The molecule has 0 bridgehead atoms. The summed E-state index contributed by atoms with van der Waals surface area (Å²) in [4.78, 5) is 29.0. The van der Waals surface area contributed by atoms with Crippen LogP contribution in [0.1, 0.15) is 42.1 Å². The van der Waals surface area contributed by atoms with E-state index >= 15 is 0 Å². The van der Waals surface area contributed by atoms with Gasteiger partial charge in [0.05, 0.1) is 6.10 Å². The third kappa shape index (κ3) is 6.04. The number of rotatable bonds is 8. The van der Waals surface area contributed by atoms with Crippen molar-refractivity contribution in [1.29, 1.82) is 0 Å². The molecule has 31 heavy (non-hydrogen) atoms. The third-order valence-electron chi connectivity index (χ3n) is 5.37. The molecular weight excluding hydrogens is 397 g/mol. The van der Waals surface area contributed by atoms with Gasteiger partial charge in [0.2, 0.25) is 5.91 Å². The highest BCUT2D eigenvalue weighted by Gasteiger charge is 2.23. The molecule has 6 nitrogen and oxygen atoms in total. The lowest BCUT2D eigenvalue weighted by atomic mass is 10.1. The van der Waals surface area contributed by atoms with Crippen molar-refractivity contribution in [3.63, 3.8) is 0 Å². The quantitative estimate of drug-likeness (QED) is 0.690. The minimum Gasteiger partial charge on any atom is -0.377 e. The average Bonchev–Trinajstić information content (AvgIpc) is 3.26. The maximum atomic E-state index is 13.5. The number of nitrogens with zero attached hydrogens (tertiary/aromatic N) is 2. The van der Waals surface area contributed by atoms with Crippen molar-refractivity contribution in [3.05, 3.63) is 59.4 Å². The van der Waals surface area contributed by atoms with Gasteiger partial charge in [0.25, 0.3) is 5.91 Å². The van der Waals surface area contributed by atoms with Crippen LogP contribution < -0.4 is 10.2 Å². The molecule has 2 aromatic rings. The number of carbonyl (C=O) groups is 2. The summed E-state index contributed by atoms with van der Waals surface area (Å²) in [6.07, 6.45) is 2.45. The summed E-state index contributed by atoms with van der Waals surface area (Å²) in [6, 6.07) is 11.2. The number of halogens is 1. The van der Waals surface area contributed by atoms with E-state index in [0.29, 0.717) is 25.2 Å². The van der Waals surface area contributed by atoms with E-state index in [2.05, 4.69) is 5.32 Å². The van der Waals surface area contributed by atoms with Gasteiger partial charge in [0, 0.05) is 57.2 Å². The molecule has 0 aliphatic carbocycles. The van der Waals surface area contributed by atoms with Gasteiger partial charge >= 0.3 is 0 Å². The first-order chi connectivity index (χ1) is 14.9. The standard InChI is InChI=1S/C24H30FN3O3/c1-4-23(29)28(16-21-9-6-12-31-21)15-18-14-20(10-11-22(18)27(2)3)26-24(30)17-7-5-8-19(25)13-17/h5,7-8,10-11,13-14,21H,4,6,9,12,15-16H2,1-3H3,(H,26,30)/t21-/m1/s1. The van der Waals surface area contributed by atoms with Crippen LogP contribution >= 0.6 is 0 Å². The Labute approximate surface area is 183 Å². The summed E-state index contributed by atoms with van der Waals surface area (Å²) < 4.78 is 19.2. The lowest BCUT2D eigenvalue weighted by Crippen LogP contribution is -2.36. The first kappa shape index (κ1) is 22.7. The van der Waals surface area contributed by atoms with Crippen molar-refractivity contribution in [3.8, 4) is 0 Å². The molecule has 0 aromatic heterocycles. The second-order valence-electron chi connectivity index (χ2n) is 7.97. The molecule has 1 heterocycles. The number of amides is 2. The number of ether oxygens (including phenoxy) is 1. The third-order valence-corrected chi connectivity index (χ3v) is 5.37. The van der Waals surface area contributed by atoms with Gasteiger partial charge in [-0.2, -0.15) is 0 Å². The smallest absolute Gasteiger partial charge is 0.255 e. The van der Waals surface area contributed by atoms with Crippen molar-refractivity contribution in [2.45, 2.75) is 38.8 Å². The molecule has 166 valence electrons. The predicted molar refractivity (Wildman–Crippen MR) is 120 cm³/mol. The van der Waals surface area contributed by atoms with E-state index in [-0.39, 0.29) is 23.5 Å². The highest BCUT2D eigenvalue weighted by Crippen LogP contribution is 2.26. The fraction of sp³-hybridized carbons (Fsp3) is 0.417.